The molecule has 0 aliphatic carbocycles. The molecule has 33 heavy (non-hydrogen) atoms. The maximum absolute atomic E-state index is 13.7. The van der Waals surface area contributed by atoms with Crippen molar-refractivity contribution in [2.75, 3.05) is 32.9 Å². The van der Waals surface area contributed by atoms with E-state index in [-0.39, 0.29) is 5.91 Å². The lowest BCUT2D eigenvalue weighted by atomic mass is 10.0. The molecule has 5 rings (SSSR count). The van der Waals surface area contributed by atoms with Crippen molar-refractivity contribution in [2.24, 2.45) is 0 Å². The lowest BCUT2D eigenvalue weighted by Gasteiger charge is -2.37. The second-order valence-corrected chi connectivity index (χ2v) is 8.87. The number of halogens is 1. The van der Waals surface area contributed by atoms with Crippen molar-refractivity contribution in [1.29, 1.82) is 0 Å². The zero-order valence-electron chi connectivity index (χ0n) is 18.5. The van der Waals surface area contributed by atoms with E-state index >= 15 is 0 Å². The highest BCUT2D eigenvalue weighted by Gasteiger charge is 2.41. The standard InChI is InChI=1S/C26H27ClN2O4/c1-2-13-31-24-8-4-7-22-21(24)17-23(29(22)18-19-5-3-6-20(27)16-19)25(30)28-11-9-26(10-12-28)32-14-15-33-26/h2-8,16-17H,1,9-15,18H2. The number of hydrogen-bond acceptors (Lipinski definition) is 4. The van der Waals surface area contributed by atoms with Crippen molar-refractivity contribution in [2.45, 2.75) is 25.2 Å². The number of hydrogen-bond donors (Lipinski definition) is 0. The quantitative estimate of drug-likeness (QED) is 0.485. The minimum atomic E-state index is -0.518. The minimum Gasteiger partial charge on any atom is -0.489 e. The fraction of sp³-hybridized carbons (Fsp3) is 0.346. The van der Waals surface area contributed by atoms with Gasteiger partial charge in [0.05, 0.1) is 18.7 Å². The molecule has 2 aromatic carbocycles. The van der Waals surface area contributed by atoms with Crippen LogP contribution in [0, 0.1) is 0 Å². The minimum absolute atomic E-state index is 0.00394. The Bertz CT molecular complexity index is 1170. The number of carbonyl (C=O) groups is 1. The number of piperidine rings is 1. The van der Waals surface area contributed by atoms with Crippen LogP contribution in [-0.2, 0) is 16.0 Å². The van der Waals surface area contributed by atoms with Crippen molar-refractivity contribution in [3.8, 4) is 5.75 Å². The van der Waals surface area contributed by atoms with Crippen LogP contribution >= 0.6 is 11.6 Å². The molecular formula is C26H27ClN2O4. The molecule has 2 saturated heterocycles. The Morgan fingerprint density at radius 2 is 1.88 bits per heavy atom. The van der Waals surface area contributed by atoms with E-state index in [1.807, 2.05) is 53.4 Å². The van der Waals surface area contributed by atoms with E-state index in [9.17, 15) is 4.79 Å². The zero-order valence-corrected chi connectivity index (χ0v) is 19.2. The molecule has 0 bridgehead atoms. The zero-order chi connectivity index (χ0) is 22.8. The Morgan fingerprint density at radius 1 is 1.12 bits per heavy atom. The van der Waals surface area contributed by atoms with E-state index in [4.69, 9.17) is 25.8 Å². The summed E-state index contributed by atoms with van der Waals surface area (Å²) in [5, 5.41) is 1.57. The summed E-state index contributed by atoms with van der Waals surface area (Å²) in [7, 11) is 0. The molecule has 6 nitrogen and oxygen atoms in total. The summed E-state index contributed by atoms with van der Waals surface area (Å²) in [6.45, 7) is 7.09. The van der Waals surface area contributed by atoms with Crippen molar-refractivity contribution in [3.63, 3.8) is 0 Å². The van der Waals surface area contributed by atoms with Crippen LogP contribution in [-0.4, -0.2) is 54.1 Å². The van der Waals surface area contributed by atoms with Crippen LogP contribution in [0.5, 0.6) is 5.75 Å². The fourth-order valence-electron chi connectivity index (χ4n) is 4.70. The number of amides is 1. The molecule has 1 amide bonds. The first-order valence-corrected chi connectivity index (χ1v) is 11.6. The second kappa shape index (κ2) is 9.21. The van der Waals surface area contributed by atoms with E-state index in [1.165, 1.54) is 0 Å². The molecule has 1 spiro atoms. The molecule has 0 N–H and O–H groups in total. The van der Waals surface area contributed by atoms with Crippen LogP contribution in [0.25, 0.3) is 10.9 Å². The van der Waals surface area contributed by atoms with Gasteiger partial charge in [0.1, 0.15) is 18.1 Å². The Morgan fingerprint density at radius 3 is 2.61 bits per heavy atom. The van der Waals surface area contributed by atoms with Gasteiger partial charge in [-0.3, -0.25) is 4.79 Å². The second-order valence-electron chi connectivity index (χ2n) is 8.43. The van der Waals surface area contributed by atoms with Crippen molar-refractivity contribution >= 4 is 28.4 Å². The molecule has 0 atom stereocenters. The summed E-state index contributed by atoms with van der Waals surface area (Å²) in [6, 6.07) is 15.5. The first-order chi connectivity index (χ1) is 16.1. The predicted molar refractivity (Wildman–Crippen MR) is 128 cm³/mol. The average Bonchev–Trinajstić information content (AvgIpc) is 3.43. The summed E-state index contributed by atoms with van der Waals surface area (Å²) in [6.07, 6.45) is 3.08. The molecule has 3 heterocycles. The number of aromatic nitrogens is 1. The number of carbonyl (C=O) groups excluding carboxylic acids is 1. The highest BCUT2D eigenvalue weighted by Crippen LogP contribution is 2.34. The Balaban J connectivity index is 1.50. The van der Waals surface area contributed by atoms with Crippen molar-refractivity contribution < 1.29 is 19.0 Å². The molecule has 0 saturated carbocycles. The van der Waals surface area contributed by atoms with Gasteiger partial charge in [0.25, 0.3) is 5.91 Å². The molecule has 0 radical (unpaired) electrons. The normalized spacial score (nSPS) is 17.5. The van der Waals surface area contributed by atoms with Gasteiger partial charge in [-0.15, -0.1) is 0 Å². The largest absolute Gasteiger partial charge is 0.489 e. The van der Waals surface area contributed by atoms with E-state index < -0.39 is 5.79 Å². The van der Waals surface area contributed by atoms with Crippen LogP contribution in [0.15, 0.2) is 61.2 Å². The van der Waals surface area contributed by atoms with Crippen LogP contribution in [0.4, 0.5) is 0 Å². The smallest absolute Gasteiger partial charge is 0.270 e. The molecule has 1 aromatic heterocycles. The van der Waals surface area contributed by atoms with Crippen LogP contribution in [0.2, 0.25) is 5.02 Å². The SMILES string of the molecule is C=CCOc1cccc2c1cc(C(=O)N1CCC3(CC1)OCCO3)n2Cc1cccc(Cl)c1. The van der Waals surface area contributed by atoms with E-state index in [2.05, 4.69) is 11.1 Å². The molecular weight excluding hydrogens is 440 g/mol. The summed E-state index contributed by atoms with van der Waals surface area (Å²) < 4.78 is 19.6. The van der Waals surface area contributed by atoms with E-state index in [1.54, 1.807) is 6.08 Å². The third kappa shape index (κ3) is 4.38. The summed E-state index contributed by atoms with van der Waals surface area (Å²) in [5.74, 6) is 0.211. The van der Waals surface area contributed by atoms with Gasteiger partial charge in [-0.05, 0) is 35.9 Å². The summed E-state index contributed by atoms with van der Waals surface area (Å²) >= 11 is 6.23. The fourth-order valence-corrected chi connectivity index (χ4v) is 4.91. The van der Waals surface area contributed by atoms with Gasteiger partial charge in [-0.2, -0.15) is 0 Å². The molecule has 0 unspecified atom stereocenters. The third-order valence-corrected chi connectivity index (χ3v) is 6.57. The van der Waals surface area contributed by atoms with Gasteiger partial charge >= 0.3 is 0 Å². The van der Waals surface area contributed by atoms with E-state index in [0.29, 0.717) is 63.0 Å². The topological polar surface area (TPSA) is 52.9 Å². The van der Waals surface area contributed by atoms with Gasteiger partial charge in [0.2, 0.25) is 0 Å². The average molecular weight is 467 g/mol. The van der Waals surface area contributed by atoms with Crippen molar-refractivity contribution in [3.05, 3.63) is 77.5 Å². The molecule has 2 aliphatic heterocycles. The van der Waals surface area contributed by atoms with E-state index in [0.717, 1.165) is 22.2 Å². The third-order valence-electron chi connectivity index (χ3n) is 6.34. The van der Waals surface area contributed by atoms with Gasteiger partial charge in [0.15, 0.2) is 5.79 Å². The van der Waals surface area contributed by atoms with Gasteiger partial charge in [-0.1, -0.05) is 42.5 Å². The van der Waals surface area contributed by atoms with Crippen LogP contribution in [0.1, 0.15) is 28.9 Å². The van der Waals surface area contributed by atoms with Gasteiger partial charge in [0, 0.05) is 42.9 Å². The Hall–Kier alpha value is -2.80. The monoisotopic (exact) mass is 466 g/mol. The highest BCUT2D eigenvalue weighted by molar-refractivity contribution is 6.30. The molecule has 3 aromatic rings. The maximum Gasteiger partial charge on any atom is 0.270 e. The number of likely N-dealkylation sites (tertiary alicyclic amines) is 1. The first-order valence-electron chi connectivity index (χ1n) is 11.3. The molecule has 172 valence electrons. The van der Waals surface area contributed by atoms with Crippen LogP contribution in [0.3, 0.4) is 0 Å². The number of nitrogens with zero attached hydrogens (tertiary/aromatic N) is 2. The number of ether oxygens (including phenoxy) is 3. The Kier molecular flexibility index (Phi) is 6.15. The lowest BCUT2D eigenvalue weighted by Crippen LogP contribution is -2.47. The molecule has 2 aliphatic rings. The Labute approximate surface area is 198 Å². The van der Waals surface area contributed by atoms with Gasteiger partial charge in [-0.25, -0.2) is 0 Å². The number of rotatable bonds is 6. The first kappa shape index (κ1) is 22.0. The maximum atomic E-state index is 13.7. The lowest BCUT2D eigenvalue weighted by molar-refractivity contribution is -0.181. The number of fused-ring (bicyclic) bond motifs is 1. The predicted octanol–water partition coefficient (Wildman–Crippen LogP) is 4.89. The van der Waals surface area contributed by atoms with Crippen molar-refractivity contribution in [1.82, 2.24) is 9.47 Å². The van der Waals surface area contributed by atoms with Crippen LogP contribution < -0.4 is 4.74 Å². The highest BCUT2D eigenvalue weighted by atomic mass is 35.5. The summed E-state index contributed by atoms with van der Waals surface area (Å²) in [4.78, 5) is 15.6. The molecule has 7 heteroatoms. The van der Waals surface area contributed by atoms with Gasteiger partial charge < -0.3 is 23.7 Å². The summed E-state index contributed by atoms with van der Waals surface area (Å²) in [5.41, 5.74) is 2.59. The number of benzene rings is 2. The molecule has 2 fully saturated rings.